The number of aromatic amines is 1. The van der Waals surface area contributed by atoms with Crippen LogP contribution in [0.15, 0.2) is 27.5 Å². The van der Waals surface area contributed by atoms with Gasteiger partial charge in [0, 0.05) is 0 Å². The fraction of sp³-hybridized carbons (Fsp3) is 0.250. The number of rotatable bonds is 5. The van der Waals surface area contributed by atoms with Gasteiger partial charge in [-0.05, 0) is 52.7 Å². The molecular weight excluding hydrogens is 405 g/mol. The molecule has 1 N–H and O–H groups in total. The van der Waals surface area contributed by atoms with Crippen molar-refractivity contribution in [2.45, 2.75) is 13.1 Å². The lowest BCUT2D eigenvalue weighted by Crippen LogP contribution is -2.19. The molecule has 5 nitrogen and oxygen atoms in total. The summed E-state index contributed by atoms with van der Waals surface area (Å²) in [4.78, 5) is 16.5. The number of benzene rings is 1. The van der Waals surface area contributed by atoms with Crippen LogP contribution in [0.25, 0.3) is 12.2 Å². The lowest BCUT2D eigenvalue weighted by Gasteiger charge is -2.12. The van der Waals surface area contributed by atoms with Crippen LogP contribution in [0.4, 0.5) is 13.2 Å². The van der Waals surface area contributed by atoms with Gasteiger partial charge in [0.2, 0.25) is 0 Å². The Morgan fingerprint density at radius 3 is 2.60 bits per heavy atom. The van der Waals surface area contributed by atoms with Gasteiger partial charge in [0.1, 0.15) is 5.69 Å². The lowest BCUT2D eigenvalue weighted by molar-refractivity contribution is -0.141. The highest BCUT2D eigenvalue weighted by Crippen LogP contribution is 2.37. The maximum Gasteiger partial charge on any atom is 0.431 e. The quantitative estimate of drug-likeness (QED) is 0.792. The van der Waals surface area contributed by atoms with Crippen LogP contribution in [-0.4, -0.2) is 23.7 Å². The van der Waals surface area contributed by atoms with Gasteiger partial charge in [-0.25, -0.2) is 4.79 Å². The molecule has 0 aliphatic carbocycles. The van der Waals surface area contributed by atoms with Crippen molar-refractivity contribution in [1.29, 1.82) is 0 Å². The van der Waals surface area contributed by atoms with Gasteiger partial charge in [-0.2, -0.15) is 18.2 Å². The molecule has 0 aliphatic heterocycles. The Hall–Kier alpha value is -2.29. The van der Waals surface area contributed by atoms with E-state index in [1.165, 1.54) is 19.3 Å². The first-order valence-electron chi connectivity index (χ1n) is 7.11. The van der Waals surface area contributed by atoms with Crippen molar-refractivity contribution in [2.24, 2.45) is 0 Å². The summed E-state index contributed by atoms with van der Waals surface area (Å²) in [5.41, 5.74) is -1.71. The average molecular weight is 419 g/mol. The third-order valence-corrected chi connectivity index (χ3v) is 3.65. The van der Waals surface area contributed by atoms with E-state index in [0.29, 0.717) is 28.1 Å². The first kappa shape index (κ1) is 19.0. The summed E-state index contributed by atoms with van der Waals surface area (Å²) in [7, 11) is 1.48. The van der Waals surface area contributed by atoms with E-state index in [1.54, 1.807) is 17.1 Å². The van der Waals surface area contributed by atoms with E-state index in [1.807, 2.05) is 6.92 Å². The van der Waals surface area contributed by atoms with Crippen LogP contribution >= 0.6 is 15.9 Å². The number of aromatic nitrogens is 2. The summed E-state index contributed by atoms with van der Waals surface area (Å²) in [6.45, 7) is 2.28. The predicted molar refractivity (Wildman–Crippen MR) is 90.7 cm³/mol. The first-order chi connectivity index (χ1) is 11.7. The Bertz CT molecular complexity index is 847. The van der Waals surface area contributed by atoms with Crippen LogP contribution in [0.2, 0.25) is 0 Å². The lowest BCUT2D eigenvalue weighted by atomic mass is 10.1. The largest absolute Gasteiger partial charge is 0.493 e. The van der Waals surface area contributed by atoms with Crippen LogP contribution in [-0.2, 0) is 6.18 Å². The zero-order valence-corrected chi connectivity index (χ0v) is 14.9. The second-order valence-corrected chi connectivity index (χ2v) is 5.68. The van der Waals surface area contributed by atoms with Crippen LogP contribution in [0, 0.1) is 0 Å². The molecule has 134 valence electrons. The van der Waals surface area contributed by atoms with Crippen molar-refractivity contribution in [3.05, 3.63) is 50.1 Å². The normalized spacial score (nSPS) is 11.8. The molecule has 0 saturated carbocycles. The van der Waals surface area contributed by atoms with Crippen molar-refractivity contribution in [1.82, 2.24) is 9.97 Å². The third kappa shape index (κ3) is 4.85. The van der Waals surface area contributed by atoms with E-state index in [9.17, 15) is 18.0 Å². The van der Waals surface area contributed by atoms with Crippen molar-refractivity contribution in [3.63, 3.8) is 0 Å². The second kappa shape index (κ2) is 7.73. The average Bonchev–Trinajstić information content (AvgIpc) is 2.53. The van der Waals surface area contributed by atoms with Crippen molar-refractivity contribution in [2.75, 3.05) is 13.7 Å². The molecule has 2 rings (SSSR count). The topological polar surface area (TPSA) is 64.2 Å². The van der Waals surface area contributed by atoms with Crippen LogP contribution in [0.1, 0.15) is 23.9 Å². The van der Waals surface area contributed by atoms with Gasteiger partial charge in [0.15, 0.2) is 11.5 Å². The molecule has 0 bridgehead atoms. The van der Waals surface area contributed by atoms with Gasteiger partial charge in [0.05, 0.1) is 23.9 Å². The number of ether oxygens (including phenoxy) is 2. The maximum atomic E-state index is 12.7. The molecule has 0 aliphatic rings. The molecule has 1 aromatic heterocycles. The number of hydrogen-bond donors (Lipinski definition) is 1. The molecule has 9 heteroatoms. The van der Waals surface area contributed by atoms with Crippen LogP contribution in [0.5, 0.6) is 11.5 Å². The SMILES string of the molecule is CCOc1c(Br)cc(/C=C/c2cc(C(F)(F)F)[nH]c(=O)n2)cc1OC. The zero-order valence-electron chi connectivity index (χ0n) is 13.3. The summed E-state index contributed by atoms with van der Waals surface area (Å²) in [5.74, 6) is 0.988. The highest BCUT2D eigenvalue weighted by molar-refractivity contribution is 9.10. The van der Waals surface area contributed by atoms with Crippen LogP contribution in [0.3, 0.4) is 0 Å². The number of hydrogen-bond acceptors (Lipinski definition) is 4. The standard InChI is InChI=1S/C16H14BrF3N2O3/c1-3-25-14-11(17)6-9(7-12(14)24-2)4-5-10-8-13(16(18,19)20)22-15(23)21-10/h4-8H,3H2,1-2H3,(H,21,22,23)/b5-4+. The first-order valence-corrected chi connectivity index (χ1v) is 7.91. The summed E-state index contributed by atoms with van der Waals surface area (Å²) in [5, 5.41) is 0. The molecule has 25 heavy (non-hydrogen) atoms. The maximum absolute atomic E-state index is 12.7. The molecule has 0 unspecified atom stereocenters. The fourth-order valence-corrected chi connectivity index (χ4v) is 2.59. The van der Waals surface area contributed by atoms with Gasteiger partial charge in [0.25, 0.3) is 0 Å². The van der Waals surface area contributed by atoms with E-state index in [-0.39, 0.29) is 5.69 Å². The number of methoxy groups -OCH3 is 1. The van der Waals surface area contributed by atoms with Gasteiger partial charge >= 0.3 is 11.9 Å². The number of halogens is 4. The number of nitrogens with one attached hydrogen (secondary N) is 1. The fourth-order valence-electron chi connectivity index (χ4n) is 2.02. The van der Waals surface area contributed by atoms with E-state index >= 15 is 0 Å². The molecule has 0 saturated heterocycles. The predicted octanol–water partition coefficient (Wildman–Crippen LogP) is 4.13. The van der Waals surface area contributed by atoms with Gasteiger partial charge in [-0.15, -0.1) is 0 Å². The number of nitrogens with zero attached hydrogens (tertiary/aromatic N) is 1. The molecule has 0 atom stereocenters. The van der Waals surface area contributed by atoms with Crippen molar-refractivity contribution in [3.8, 4) is 11.5 Å². The summed E-state index contributed by atoms with van der Waals surface area (Å²) in [6.07, 6.45) is -1.83. The van der Waals surface area contributed by atoms with Crippen LogP contribution < -0.4 is 15.2 Å². The molecule has 0 fully saturated rings. The number of alkyl halides is 3. The summed E-state index contributed by atoms with van der Waals surface area (Å²) < 4.78 is 49.5. The Labute approximate surface area is 149 Å². The minimum absolute atomic E-state index is 0.111. The van der Waals surface area contributed by atoms with Gasteiger partial charge in [-0.1, -0.05) is 6.08 Å². The molecule has 1 aromatic carbocycles. The molecule has 0 amide bonds. The summed E-state index contributed by atoms with van der Waals surface area (Å²) >= 11 is 3.36. The van der Waals surface area contributed by atoms with Gasteiger partial charge in [-0.3, -0.25) is 0 Å². The smallest absolute Gasteiger partial charge is 0.431 e. The van der Waals surface area contributed by atoms with E-state index in [2.05, 4.69) is 20.9 Å². The number of H-pyrrole nitrogens is 1. The molecule has 2 aromatic rings. The van der Waals surface area contributed by atoms with E-state index < -0.39 is 17.6 Å². The third-order valence-electron chi connectivity index (χ3n) is 3.06. The minimum atomic E-state index is -4.66. The monoisotopic (exact) mass is 418 g/mol. The van der Waals surface area contributed by atoms with Crippen molar-refractivity contribution >= 4 is 28.1 Å². The Kier molecular flexibility index (Phi) is 5.89. The highest BCUT2D eigenvalue weighted by atomic mass is 79.9. The van der Waals surface area contributed by atoms with Gasteiger partial charge < -0.3 is 14.5 Å². The molecular formula is C16H14BrF3N2O3. The van der Waals surface area contributed by atoms with E-state index in [0.717, 1.165) is 6.07 Å². The van der Waals surface area contributed by atoms with Crippen molar-refractivity contribution < 1.29 is 22.6 Å². The minimum Gasteiger partial charge on any atom is -0.493 e. The zero-order chi connectivity index (χ0) is 18.6. The van der Waals surface area contributed by atoms with E-state index in [4.69, 9.17) is 9.47 Å². The Morgan fingerprint density at radius 1 is 1.28 bits per heavy atom. The second-order valence-electron chi connectivity index (χ2n) is 4.82. The summed E-state index contributed by atoms with van der Waals surface area (Å²) in [6, 6.07) is 4.13. The molecule has 0 radical (unpaired) electrons. The Morgan fingerprint density at radius 2 is 2.00 bits per heavy atom. The molecule has 0 spiro atoms. The Balaban J connectivity index is 2.38. The molecule has 1 heterocycles. The highest BCUT2D eigenvalue weighted by Gasteiger charge is 2.32.